The molecule has 2 unspecified atom stereocenters. The van der Waals surface area contributed by atoms with E-state index in [4.69, 9.17) is 18.5 Å². The summed E-state index contributed by atoms with van der Waals surface area (Å²) >= 11 is 0. The van der Waals surface area contributed by atoms with Crippen molar-refractivity contribution in [3.05, 3.63) is 48.6 Å². The van der Waals surface area contributed by atoms with Gasteiger partial charge in [-0.05, 0) is 51.4 Å². The van der Waals surface area contributed by atoms with Gasteiger partial charge in [0.15, 0.2) is 6.10 Å². The lowest BCUT2D eigenvalue weighted by atomic mass is 10.0. The number of allylic oxidation sites excluding steroid dienone is 8. The predicted octanol–water partition coefficient (Wildman–Crippen LogP) is 11.5. The molecule has 9 nitrogen and oxygen atoms in total. The van der Waals surface area contributed by atoms with Crippen molar-refractivity contribution in [2.24, 2.45) is 0 Å². The van der Waals surface area contributed by atoms with Crippen molar-refractivity contribution in [2.45, 2.75) is 168 Å². The highest BCUT2D eigenvalue weighted by molar-refractivity contribution is 7.47. The molecule has 53 heavy (non-hydrogen) atoms. The van der Waals surface area contributed by atoms with E-state index in [0.717, 1.165) is 38.5 Å². The highest BCUT2D eigenvalue weighted by atomic mass is 31.2. The van der Waals surface area contributed by atoms with E-state index in [1.807, 2.05) is 27.2 Å². The standard InChI is InChI=1S/C43H78NO8P/c1-6-8-10-12-14-16-18-20-21-22-23-24-26-28-30-32-34-36-43(46)52-41(40-51-53(47,48)50-38-37-44(3,4)5)39-49-42(45)35-33-31-29-27-25-19-17-15-13-11-9-7-2/h14,16,20-21,23-24,28,30,41H,6-13,15,17-19,22,25-27,29,31-40H2,1-5H3/p+1/b16-14-,21-20-,24-23-,30-28-. The number of hydrogen-bond acceptors (Lipinski definition) is 7. The van der Waals surface area contributed by atoms with Crippen LogP contribution in [0, 0.1) is 0 Å². The van der Waals surface area contributed by atoms with Crippen LogP contribution in [0.4, 0.5) is 0 Å². The lowest BCUT2D eigenvalue weighted by molar-refractivity contribution is -0.870. The van der Waals surface area contributed by atoms with Gasteiger partial charge in [-0.3, -0.25) is 18.6 Å². The Labute approximate surface area is 324 Å². The third-order valence-corrected chi connectivity index (χ3v) is 9.60. The number of unbranched alkanes of at least 4 members (excludes halogenated alkanes) is 15. The van der Waals surface area contributed by atoms with E-state index in [0.29, 0.717) is 23.9 Å². The first kappa shape index (κ1) is 51.0. The van der Waals surface area contributed by atoms with Crippen molar-refractivity contribution in [3.63, 3.8) is 0 Å². The molecule has 308 valence electrons. The summed E-state index contributed by atoms with van der Waals surface area (Å²) in [6.45, 7) is 4.31. The number of nitrogens with zero attached hydrogens (tertiary/aromatic N) is 1. The summed E-state index contributed by atoms with van der Waals surface area (Å²) in [5.74, 6) is -0.866. The topological polar surface area (TPSA) is 108 Å². The molecule has 0 aromatic rings. The molecule has 0 saturated heterocycles. The summed E-state index contributed by atoms with van der Waals surface area (Å²) in [6.07, 6.45) is 40.2. The monoisotopic (exact) mass is 769 g/mol. The van der Waals surface area contributed by atoms with Crippen LogP contribution in [0.5, 0.6) is 0 Å². The molecule has 0 aliphatic heterocycles. The number of hydrogen-bond donors (Lipinski definition) is 1. The number of carbonyl (C=O) groups is 2. The first-order valence-electron chi connectivity index (χ1n) is 20.9. The highest BCUT2D eigenvalue weighted by Gasteiger charge is 2.27. The second-order valence-corrected chi connectivity index (χ2v) is 16.5. The average Bonchev–Trinajstić information content (AvgIpc) is 3.10. The van der Waals surface area contributed by atoms with Crippen molar-refractivity contribution in [1.29, 1.82) is 0 Å². The highest BCUT2D eigenvalue weighted by Crippen LogP contribution is 2.43. The summed E-state index contributed by atoms with van der Waals surface area (Å²) in [6, 6.07) is 0. The van der Waals surface area contributed by atoms with Crippen LogP contribution < -0.4 is 0 Å². The molecule has 0 aliphatic rings. The van der Waals surface area contributed by atoms with Gasteiger partial charge in [0.2, 0.25) is 0 Å². The van der Waals surface area contributed by atoms with E-state index >= 15 is 0 Å². The zero-order chi connectivity index (χ0) is 39.3. The minimum atomic E-state index is -4.38. The van der Waals surface area contributed by atoms with E-state index in [1.165, 1.54) is 83.5 Å². The Morgan fingerprint density at radius 2 is 1.04 bits per heavy atom. The second-order valence-electron chi connectivity index (χ2n) is 15.0. The molecule has 1 N–H and O–H groups in total. The maximum Gasteiger partial charge on any atom is 0.472 e. The number of carbonyl (C=O) groups excluding carboxylic acids is 2. The van der Waals surface area contributed by atoms with Crippen LogP contribution in [0.2, 0.25) is 0 Å². The van der Waals surface area contributed by atoms with Crippen molar-refractivity contribution in [3.8, 4) is 0 Å². The van der Waals surface area contributed by atoms with Gasteiger partial charge in [0.1, 0.15) is 19.8 Å². The number of likely N-dealkylation sites (N-methyl/N-ethyl adjacent to an activating group) is 1. The van der Waals surface area contributed by atoms with Gasteiger partial charge in [-0.25, -0.2) is 4.57 Å². The fourth-order valence-electron chi connectivity index (χ4n) is 5.30. The van der Waals surface area contributed by atoms with E-state index < -0.39 is 26.5 Å². The third kappa shape index (κ3) is 39.5. The second kappa shape index (κ2) is 35.7. The Balaban J connectivity index is 4.50. The lowest BCUT2D eigenvalue weighted by Gasteiger charge is -2.24. The van der Waals surface area contributed by atoms with Crippen molar-refractivity contribution in [1.82, 2.24) is 0 Å². The molecule has 0 saturated carbocycles. The molecule has 0 heterocycles. The Morgan fingerprint density at radius 3 is 1.57 bits per heavy atom. The van der Waals surface area contributed by atoms with Gasteiger partial charge in [-0.15, -0.1) is 0 Å². The molecule has 0 spiro atoms. The van der Waals surface area contributed by atoms with Crippen LogP contribution in [0.3, 0.4) is 0 Å². The Hall–Kier alpha value is -2.03. The van der Waals surface area contributed by atoms with Gasteiger partial charge < -0.3 is 18.9 Å². The van der Waals surface area contributed by atoms with E-state index in [1.54, 1.807) is 0 Å². The first-order chi connectivity index (χ1) is 25.5. The van der Waals surface area contributed by atoms with E-state index in [-0.39, 0.29) is 32.0 Å². The Morgan fingerprint density at radius 1 is 0.585 bits per heavy atom. The van der Waals surface area contributed by atoms with Crippen molar-refractivity contribution < 1.29 is 42.1 Å². The van der Waals surface area contributed by atoms with Gasteiger partial charge in [0, 0.05) is 12.8 Å². The summed E-state index contributed by atoms with van der Waals surface area (Å²) in [5, 5.41) is 0. The van der Waals surface area contributed by atoms with Gasteiger partial charge in [-0.2, -0.15) is 0 Å². The molecule has 2 atom stereocenters. The Bertz CT molecular complexity index is 1050. The molecule has 0 aliphatic carbocycles. The van der Waals surface area contributed by atoms with Crippen molar-refractivity contribution in [2.75, 3.05) is 47.5 Å². The maximum absolute atomic E-state index is 12.6. The summed E-state index contributed by atoms with van der Waals surface area (Å²) in [4.78, 5) is 35.2. The van der Waals surface area contributed by atoms with Gasteiger partial charge >= 0.3 is 19.8 Å². The molecule has 0 bridgehead atoms. The molecular formula is C43H79NO8P+. The molecule has 0 amide bonds. The molecule has 0 aromatic heterocycles. The number of esters is 2. The van der Waals surface area contributed by atoms with Crippen molar-refractivity contribution >= 4 is 19.8 Å². The fraction of sp³-hybridized carbons (Fsp3) is 0.767. The largest absolute Gasteiger partial charge is 0.472 e. The fourth-order valence-corrected chi connectivity index (χ4v) is 6.04. The van der Waals surface area contributed by atoms with Crippen LogP contribution in [0.1, 0.15) is 162 Å². The SMILES string of the molecule is CCCCC/C=C\C/C=C\C/C=C\C/C=C\CCCC(=O)OC(COC(=O)CCCCCCCCCCCCCC)COP(=O)(O)OCC[N+](C)(C)C. The zero-order valence-electron chi connectivity index (χ0n) is 34.5. The summed E-state index contributed by atoms with van der Waals surface area (Å²) in [7, 11) is 1.44. The van der Waals surface area contributed by atoms with Gasteiger partial charge in [0.05, 0.1) is 27.7 Å². The number of phosphoric acid groups is 1. The maximum atomic E-state index is 12.6. The third-order valence-electron chi connectivity index (χ3n) is 8.61. The number of ether oxygens (including phenoxy) is 2. The minimum Gasteiger partial charge on any atom is -0.462 e. The Kier molecular flexibility index (Phi) is 34.3. The predicted molar refractivity (Wildman–Crippen MR) is 220 cm³/mol. The molecule has 0 fully saturated rings. The number of quaternary nitrogens is 1. The molecule has 0 radical (unpaired) electrons. The lowest BCUT2D eigenvalue weighted by Crippen LogP contribution is -2.37. The number of phosphoric ester groups is 1. The molecule has 0 aromatic carbocycles. The smallest absolute Gasteiger partial charge is 0.462 e. The molecule has 0 rings (SSSR count). The quantitative estimate of drug-likeness (QED) is 0.0219. The van der Waals surface area contributed by atoms with E-state index in [2.05, 4.69) is 56.4 Å². The average molecular weight is 769 g/mol. The van der Waals surface area contributed by atoms with Gasteiger partial charge in [-0.1, -0.05) is 146 Å². The summed E-state index contributed by atoms with van der Waals surface area (Å²) in [5.41, 5.74) is 0. The minimum absolute atomic E-state index is 0.0211. The van der Waals surface area contributed by atoms with Crippen LogP contribution in [0.25, 0.3) is 0 Å². The van der Waals surface area contributed by atoms with Crippen LogP contribution in [-0.2, 0) is 32.7 Å². The zero-order valence-corrected chi connectivity index (χ0v) is 35.4. The van der Waals surface area contributed by atoms with E-state index in [9.17, 15) is 19.0 Å². The van der Waals surface area contributed by atoms with Gasteiger partial charge in [0.25, 0.3) is 0 Å². The van der Waals surface area contributed by atoms with Crippen LogP contribution in [0.15, 0.2) is 48.6 Å². The normalized spacial score (nSPS) is 14.2. The number of rotatable bonds is 37. The van der Waals surface area contributed by atoms with Crippen LogP contribution in [-0.4, -0.2) is 74.9 Å². The van der Waals surface area contributed by atoms with Crippen LogP contribution >= 0.6 is 7.82 Å². The molecule has 10 heteroatoms. The summed E-state index contributed by atoms with van der Waals surface area (Å²) < 4.78 is 34.2. The first-order valence-corrected chi connectivity index (χ1v) is 22.4. The molecular weight excluding hydrogens is 689 g/mol.